The topological polar surface area (TPSA) is 56.3 Å². The number of rotatable bonds is 2. The number of ether oxygens (including phenoxy) is 1. The van der Waals surface area contributed by atoms with Crippen molar-refractivity contribution >= 4 is 57.4 Å². The van der Waals surface area contributed by atoms with E-state index in [0.29, 0.717) is 25.6 Å². The number of nitrogens with zero attached hydrogens (tertiary/aromatic N) is 1. The van der Waals surface area contributed by atoms with Crippen LogP contribution in [0.4, 0.5) is 0 Å². The summed E-state index contributed by atoms with van der Waals surface area (Å²) in [5.74, 6) is -0.906. The summed E-state index contributed by atoms with van der Waals surface area (Å²) in [6, 6.07) is 5.06. The highest BCUT2D eigenvalue weighted by atomic mass is 35.5. The van der Waals surface area contributed by atoms with Crippen LogP contribution in [0.5, 0.6) is 0 Å². The monoisotopic (exact) mass is 347 g/mol. The van der Waals surface area contributed by atoms with Crippen LogP contribution >= 0.6 is 46.3 Å². The van der Waals surface area contributed by atoms with E-state index in [9.17, 15) is 9.59 Å². The Morgan fingerprint density at radius 1 is 1.35 bits per heavy atom. The second-order valence-corrected chi connectivity index (χ2v) is 6.43. The Morgan fingerprint density at radius 2 is 2.10 bits per heavy atom. The molecular formula is C12H7Cl2NO3S2. The standard InChI is InChI=1S/C12H7Cl2NO3S2/c1-18-10(16)11(17)20-12-15-9(5-19-12)7-3-2-6(13)4-8(7)14/h2-5H,1H3. The third kappa shape index (κ3) is 3.52. The zero-order valence-corrected chi connectivity index (χ0v) is 13.2. The minimum absolute atomic E-state index is 0.446. The van der Waals surface area contributed by atoms with Gasteiger partial charge in [0.05, 0.1) is 17.8 Å². The van der Waals surface area contributed by atoms with Crippen molar-refractivity contribution in [1.82, 2.24) is 4.98 Å². The number of thioether (sulfide) groups is 1. The fourth-order valence-electron chi connectivity index (χ4n) is 1.33. The molecule has 0 radical (unpaired) electrons. The molecule has 1 aromatic heterocycles. The summed E-state index contributed by atoms with van der Waals surface area (Å²) in [7, 11) is 1.15. The van der Waals surface area contributed by atoms with Crippen molar-refractivity contribution in [1.29, 1.82) is 0 Å². The minimum Gasteiger partial charge on any atom is -0.463 e. The molecule has 0 saturated heterocycles. The van der Waals surface area contributed by atoms with E-state index in [-0.39, 0.29) is 0 Å². The average Bonchev–Trinajstić information content (AvgIpc) is 2.85. The lowest BCUT2D eigenvalue weighted by Gasteiger charge is -2.00. The fraction of sp³-hybridized carbons (Fsp3) is 0.0833. The molecule has 2 rings (SSSR count). The van der Waals surface area contributed by atoms with Gasteiger partial charge in [0.1, 0.15) is 0 Å². The van der Waals surface area contributed by atoms with Crippen LogP contribution in [0.1, 0.15) is 0 Å². The van der Waals surface area contributed by atoms with Gasteiger partial charge >= 0.3 is 11.1 Å². The predicted octanol–water partition coefficient (Wildman–Crippen LogP) is 3.91. The number of halogens is 2. The first-order valence-electron chi connectivity index (χ1n) is 5.22. The number of carbonyl (C=O) groups excluding carboxylic acids is 2. The Morgan fingerprint density at radius 3 is 2.75 bits per heavy atom. The number of carbonyl (C=O) groups is 2. The molecule has 2 aromatic rings. The molecule has 0 bridgehead atoms. The molecule has 0 aliphatic rings. The van der Waals surface area contributed by atoms with Crippen molar-refractivity contribution in [3.05, 3.63) is 33.6 Å². The van der Waals surface area contributed by atoms with Crippen LogP contribution in [0, 0.1) is 0 Å². The zero-order chi connectivity index (χ0) is 14.7. The number of hydrogen-bond acceptors (Lipinski definition) is 6. The van der Waals surface area contributed by atoms with Crippen LogP contribution < -0.4 is 0 Å². The Hall–Kier alpha value is -1.08. The Kier molecular flexibility index (Phi) is 5.04. The summed E-state index contributed by atoms with van der Waals surface area (Å²) < 4.78 is 4.79. The summed E-state index contributed by atoms with van der Waals surface area (Å²) in [6.45, 7) is 0. The lowest BCUT2D eigenvalue weighted by Crippen LogP contribution is -2.10. The van der Waals surface area contributed by atoms with Gasteiger partial charge in [-0.2, -0.15) is 0 Å². The van der Waals surface area contributed by atoms with Crippen LogP contribution in [0.25, 0.3) is 11.3 Å². The van der Waals surface area contributed by atoms with E-state index in [4.69, 9.17) is 23.2 Å². The van der Waals surface area contributed by atoms with Crippen LogP contribution in [-0.4, -0.2) is 23.2 Å². The lowest BCUT2D eigenvalue weighted by molar-refractivity contribution is -0.147. The van der Waals surface area contributed by atoms with Gasteiger partial charge in [0.25, 0.3) is 0 Å². The molecule has 0 N–H and O–H groups in total. The van der Waals surface area contributed by atoms with Crippen molar-refractivity contribution in [2.24, 2.45) is 0 Å². The number of esters is 1. The second kappa shape index (κ2) is 6.58. The maximum atomic E-state index is 11.4. The molecule has 0 atom stereocenters. The molecule has 0 aliphatic carbocycles. The summed E-state index contributed by atoms with van der Waals surface area (Å²) >= 11 is 13.9. The maximum absolute atomic E-state index is 11.4. The molecule has 104 valence electrons. The van der Waals surface area contributed by atoms with E-state index in [2.05, 4.69) is 9.72 Å². The molecule has 0 spiro atoms. The number of benzene rings is 1. The quantitative estimate of drug-likeness (QED) is 0.468. The number of thiazole rings is 1. The van der Waals surface area contributed by atoms with Crippen molar-refractivity contribution in [2.75, 3.05) is 7.11 Å². The molecule has 0 unspecified atom stereocenters. The van der Waals surface area contributed by atoms with Crippen molar-refractivity contribution in [2.45, 2.75) is 4.34 Å². The third-order valence-corrected chi connectivity index (χ3v) is 4.56. The summed E-state index contributed by atoms with van der Waals surface area (Å²) in [6.07, 6.45) is 0. The SMILES string of the molecule is COC(=O)C(=O)Sc1nc(-c2ccc(Cl)cc2Cl)cs1. The molecule has 0 saturated carbocycles. The largest absolute Gasteiger partial charge is 0.463 e. The number of aromatic nitrogens is 1. The van der Waals surface area contributed by atoms with E-state index in [1.807, 2.05) is 0 Å². The molecule has 20 heavy (non-hydrogen) atoms. The van der Waals surface area contributed by atoms with E-state index < -0.39 is 11.1 Å². The molecule has 4 nitrogen and oxygen atoms in total. The van der Waals surface area contributed by atoms with Gasteiger partial charge in [-0.15, -0.1) is 11.3 Å². The first-order chi connectivity index (χ1) is 9.51. The van der Waals surface area contributed by atoms with Crippen molar-refractivity contribution in [3.63, 3.8) is 0 Å². The Balaban J connectivity index is 2.21. The van der Waals surface area contributed by atoms with Gasteiger partial charge in [0, 0.05) is 16.0 Å². The number of hydrogen-bond donors (Lipinski definition) is 0. The van der Waals surface area contributed by atoms with E-state index in [1.54, 1.807) is 23.6 Å². The van der Waals surface area contributed by atoms with Crippen LogP contribution in [-0.2, 0) is 14.3 Å². The first-order valence-corrected chi connectivity index (χ1v) is 7.67. The normalized spacial score (nSPS) is 10.3. The summed E-state index contributed by atoms with van der Waals surface area (Å²) in [5.41, 5.74) is 1.33. The van der Waals surface area contributed by atoms with E-state index in [1.165, 1.54) is 11.3 Å². The van der Waals surface area contributed by atoms with E-state index >= 15 is 0 Å². The van der Waals surface area contributed by atoms with Crippen LogP contribution in [0.15, 0.2) is 27.9 Å². The van der Waals surface area contributed by atoms with Gasteiger partial charge in [-0.1, -0.05) is 23.2 Å². The lowest BCUT2D eigenvalue weighted by atomic mass is 10.2. The third-order valence-electron chi connectivity index (χ3n) is 2.22. The molecule has 0 aliphatic heterocycles. The Labute approximate surface area is 133 Å². The maximum Gasteiger partial charge on any atom is 0.386 e. The highest BCUT2D eigenvalue weighted by Gasteiger charge is 2.18. The molecule has 0 fully saturated rings. The molecule has 1 heterocycles. The van der Waals surface area contributed by atoms with Crippen molar-refractivity contribution < 1.29 is 14.3 Å². The summed E-state index contributed by atoms with van der Waals surface area (Å²) in [4.78, 5) is 26.7. The molecule has 1 aromatic carbocycles. The Bertz CT molecular complexity index is 672. The minimum atomic E-state index is -0.906. The van der Waals surface area contributed by atoms with Crippen LogP contribution in [0.3, 0.4) is 0 Å². The van der Waals surface area contributed by atoms with Gasteiger partial charge in [0.15, 0.2) is 4.34 Å². The van der Waals surface area contributed by atoms with Crippen molar-refractivity contribution in [3.8, 4) is 11.3 Å². The molecule has 0 amide bonds. The van der Waals surface area contributed by atoms with Gasteiger partial charge < -0.3 is 4.74 Å². The van der Waals surface area contributed by atoms with Gasteiger partial charge in [0.2, 0.25) is 0 Å². The van der Waals surface area contributed by atoms with Gasteiger partial charge in [-0.25, -0.2) is 9.78 Å². The highest BCUT2D eigenvalue weighted by Crippen LogP contribution is 2.33. The zero-order valence-electron chi connectivity index (χ0n) is 10.1. The second-order valence-electron chi connectivity index (χ2n) is 3.50. The van der Waals surface area contributed by atoms with Crippen LogP contribution in [0.2, 0.25) is 10.0 Å². The molecular weight excluding hydrogens is 341 g/mol. The van der Waals surface area contributed by atoms with E-state index in [0.717, 1.165) is 18.9 Å². The van der Waals surface area contributed by atoms with Gasteiger partial charge in [-0.05, 0) is 30.0 Å². The average molecular weight is 348 g/mol. The smallest absolute Gasteiger partial charge is 0.386 e. The highest BCUT2D eigenvalue weighted by molar-refractivity contribution is 8.16. The molecule has 8 heteroatoms. The van der Waals surface area contributed by atoms with Gasteiger partial charge in [-0.3, -0.25) is 4.79 Å². The first kappa shape index (κ1) is 15.3. The fourth-order valence-corrected chi connectivity index (χ4v) is 3.41. The predicted molar refractivity (Wildman–Crippen MR) is 80.5 cm³/mol. The number of methoxy groups -OCH3 is 1. The summed E-state index contributed by atoms with van der Waals surface area (Å²) in [5, 5.41) is 2.04.